The Morgan fingerprint density at radius 1 is 1.35 bits per heavy atom. The van der Waals surface area contributed by atoms with Gasteiger partial charge in [-0.3, -0.25) is 0 Å². The third kappa shape index (κ3) is 3.91. The molecule has 0 bridgehead atoms. The highest BCUT2D eigenvalue weighted by atomic mass is 79.9. The Bertz CT molecular complexity index is 364. The van der Waals surface area contributed by atoms with Crippen LogP contribution < -0.4 is 0 Å². The lowest BCUT2D eigenvalue weighted by Crippen LogP contribution is -2.33. The van der Waals surface area contributed by atoms with Crippen LogP contribution in [0.1, 0.15) is 12.8 Å². The van der Waals surface area contributed by atoms with Gasteiger partial charge in [-0.2, -0.15) is 12.6 Å². The molecule has 94 valence electrons. The molecule has 17 heavy (non-hydrogen) atoms. The molecule has 1 fully saturated rings. The molecule has 0 spiro atoms. The monoisotopic (exact) mass is 332 g/mol. The number of hydrogen-bond acceptors (Lipinski definition) is 3. The van der Waals surface area contributed by atoms with Crippen LogP contribution in [0.5, 0.6) is 0 Å². The van der Waals surface area contributed by atoms with E-state index in [-0.39, 0.29) is 0 Å². The van der Waals surface area contributed by atoms with E-state index in [1.165, 1.54) is 4.90 Å². The highest BCUT2D eigenvalue weighted by Crippen LogP contribution is 2.37. The first-order chi connectivity index (χ1) is 8.24. The van der Waals surface area contributed by atoms with Gasteiger partial charge in [0.15, 0.2) is 0 Å². The third-order valence-corrected chi connectivity index (χ3v) is 5.74. The summed E-state index contributed by atoms with van der Waals surface area (Å²) in [5.41, 5.74) is 0.356. The summed E-state index contributed by atoms with van der Waals surface area (Å²) in [5, 5.41) is 0. The summed E-state index contributed by atoms with van der Waals surface area (Å²) in [6, 6.07) is 8.49. The van der Waals surface area contributed by atoms with Gasteiger partial charge in [-0.25, -0.2) is 0 Å². The molecule has 0 N–H and O–H groups in total. The maximum atomic E-state index is 5.45. The lowest BCUT2D eigenvalue weighted by molar-refractivity contribution is 0.0371. The number of thioether (sulfide) groups is 1. The summed E-state index contributed by atoms with van der Waals surface area (Å²) in [5.74, 6) is 2.09. The fourth-order valence-electron chi connectivity index (χ4n) is 1.95. The van der Waals surface area contributed by atoms with E-state index in [0.717, 1.165) is 42.0 Å². The minimum Gasteiger partial charge on any atom is -0.381 e. The first-order valence-corrected chi connectivity index (χ1v) is 8.22. The zero-order valence-electron chi connectivity index (χ0n) is 9.69. The van der Waals surface area contributed by atoms with Gasteiger partial charge in [-0.15, -0.1) is 11.8 Å². The predicted octanol–water partition coefficient (Wildman–Crippen LogP) is 4.27. The molecule has 0 unspecified atom stereocenters. The van der Waals surface area contributed by atoms with Crippen LogP contribution in [-0.2, 0) is 4.74 Å². The number of benzene rings is 1. The summed E-state index contributed by atoms with van der Waals surface area (Å²) in [6.45, 7) is 1.78. The van der Waals surface area contributed by atoms with Gasteiger partial charge in [-0.05, 0) is 42.2 Å². The fraction of sp³-hybridized carbons (Fsp3) is 0.538. The predicted molar refractivity (Wildman–Crippen MR) is 81.2 cm³/mol. The standard InChI is InChI=1S/C13H17BrOS2/c14-11-2-1-3-12(8-11)17-10-13(9-16)4-6-15-7-5-13/h1-3,8,16H,4-7,9-10H2. The van der Waals surface area contributed by atoms with Crippen LogP contribution in [0.4, 0.5) is 0 Å². The van der Waals surface area contributed by atoms with Crippen molar-refractivity contribution in [2.45, 2.75) is 17.7 Å². The molecule has 2 rings (SSSR count). The summed E-state index contributed by atoms with van der Waals surface area (Å²) in [4.78, 5) is 1.33. The van der Waals surface area contributed by atoms with E-state index in [1.807, 2.05) is 11.8 Å². The Hall–Kier alpha value is 0.360. The number of halogens is 1. The number of thiol groups is 1. The van der Waals surface area contributed by atoms with Gasteiger partial charge in [0.25, 0.3) is 0 Å². The van der Waals surface area contributed by atoms with Crippen LogP contribution in [0.3, 0.4) is 0 Å². The van der Waals surface area contributed by atoms with Crippen LogP contribution in [0, 0.1) is 5.41 Å². The van der Waals surface area contributed by atoms with Gasteiger partial charge in [-0.1, -0.05) is 22.0 Å². The Balaban J connectivity index is 1.95. The second-order valence-electron chi connectivity index (χ2n) is 4.52. The average Bonchev–Trinajstić information content (AvgIpc) is 2.38. The number of hydrogen-bond donors (Lipinski definition) is 1. The van der Waals surface area contributed by atoms with E-state index in [2.05, 4.69) is 52.8 Å². The second kappa shape index (κ2) is 6.50. The van der Waals surface area contributed by atoms with Gasteiger partial charge in [0.1, 0.15) is 0 Å². The van der Waals surface area contributed by atoms with Crippen molar-refractivity contribution in [3.8, 4) is 0 Å². The highest BCUT2D eigenvalue weighted by Gasteiger charge is 2.31. The lowest BCUT2D eigenvalue weighted by atomic mass is 9.84. The lowest BCUT2D eigenvalue weighted by Gasteiger charge is -2.35. The fourth-order valence-corrected chi connectivity index (χ4v) is 4.32. The Labute approximate surface area is 121 Å². The van der Waals surface area contributed by atoms with E-state index in [1.54, 1.807) is 0 Å². The van der Waals surface area contributed by atoms with Gasteiger partial charge in [0.05, 0.1) is 0 Å². The van der Waals surface area contributed by atoms with Crippen LogP contribution in [-0.4, -0.2) is 24.7 Å². The molecule has 0 aliphatic carbocycles. The first kappa shape index (κ1) is 13.8. The highest BCUT2D eigenvalue weighted by molar-refractivity contribution is 9.10. The van der Waals surface area contributed by atoms with Gasteiger partial charge in [0.2, 0.25) is 0 Å². The topological polar surface area (TPSA) is 9.23 Å². The molecular weight excluding hydrogens is 316 g/mol. The summed E-state index contributed by atoms with van der Waals surface area (Å²) < 4.78 is 6.59. The normalized spacial score (nSPS) is 19.2. The van der Waals surface area contributed by atoms with Gasteiger partial charge < -0.3 is 4.74 Å². The van der Waals surface area contributed by atoms with Crippen molar-refractivity contribution in [1.82, 2.24) is 0 Å². The average molecular weight is 333 g/mol. The molecule has 1 aliphatic rings. The molecule has 4 heteroatoms. The van der Waals surface area contributed by atoms with Crippen molar-refractivity contribution in [3.05, 3.63) is 28.7 Å². The molecule has 1 aliphatic heterocycles. The molecule has 0 amide bonds. The Morgan fingerprint density at radius 3 is 2.76 bits per heavy atom. The zero-order valence-corrected chi connectivity index (χ0v) is 13.0. The smallest absolute Gasteiger partial charge is 0.0471 e. The minimum absolute atomic E-state index is 0.356. The second-order valence-corrected chi connectivity index (χ2v) is 6.80. The molecule has 1 aromatic carbocycles. The molecular formula is C13H17BrOS2. The van der Waals surface area contributed by atoms with Gasteiger partial charge >= 0.3 is 0 Å². The Morgan fingerprint density at radius 2 is 2.12 bits per heavy atom. The summed E-state index contributed by atoms with van der Waals surface area (Å²) in [7, 11) is 0. The quantitative estimate of drug-likeness (QED) is 0.651. The maximum Gasteiger partial charge on any atom is 0.0471 e. The summed E-state index contributed by atoms with van der Waals surface area (Å²) >= 11 is 9.98. The molecule has 1 saturated heterocycles. The van der Waals surface area contributed by atoms with Crippen LogP contribution in [0.2, 0.25) is 0 Å². The summed E-state index contributed by atoms with van der Waals surface area (Å²) in [6.07, 6.45) is 2.27. The van der Waals surface area contributed by atoms with Crippen molar-refractivity contribution in [3.63, 3.8) is 0 Å². The van der Waals surface area contributed by atoms with E-state index in [9.17, 15) is 0 Å². The van der Waals surface area contributed by atoms with Crippen molar-refractivity contribution >= 4 is 40.3 Å². The molecule has 0 saturated carbocycles. The minimum atomic E-state index is 0.356. The first-order valence-electron chi connectivity index (χ1n) is 5.81. The maximum absolute atomic E-state index is 5.45. The largest absolute Gasteiger partial charge is 0.381 e. The zero-order chi connectivity index (χ0) is 12.1. The number of rotatable bonds is 4. The van der Waals surface area contributed by atoms with Crippen molar-refractivity contribution in [2.24, 2.45) is 5.41 Å². The molecule has 1 nitrogen and oxygen atoms in total. The van der Waals surface area contributed by atoms with Crippen molar-refractivity contribution in [1.29, 1.82) is 0 Å². The Kier molecular flexibility index (Phi) is 5.27. The van der Waals surface area contributed by atoms with E-state index in [4.69, 9.17) is 4.74 Å². The molecule has 0 atom stereocenters. The van der Waals surface area contributed by atoms with E-state index < -0.39 is 0 Å². The molecule has 0 aromatic heterocycles. The molecule has 1 aromatic rings. The molecule has 0 radical (unpaired) electrons. The van der Waals surface area contributed by atoms with Crippen molar-refractivity contribution < 1.29 is 4.74 Å². The van der Waals surface area contributed by atoms with Gasteiger partial charge in [0, 0.05) is 28.3 Å². The van der Waals surface area contributed by atoms with Crippen LogP contribution >= 0.6 is 40.3 Å². The van der Waals surface area contributed by atoms with E-state index >= 15 is 0 Å². The molecule has 1 heterocycles. The van der Waals surface area contributed by atoms with Crippen LogP contribution in [0.15, 0.2) is 33.6 Å². The third-order valence-electron chi connectivity index (χ3n) is 3.23. The van der Waals surface area contributed by atoms with Crippen molar-refractivity contribution in [2.75, 3.05) is 24.7 Å². The SMILES string of the molecule is SCC1(CSc2cccc(Br)c2)CCOCC1. The van der Waals surface area contributed by atoms with E-state index in [0.29, 0.717) is 5.41 Å². The van der Waals surface area contributed by atoms with Crippen LogP contribution in [0.25, 0.3) is 0 Å². The number of ether oxygens (including phenoxy) is 1.